The van der Waals surface area contributed by atoms with E-state index in [4.69, 9.17) is 0 Å². The molecule has 176 valence electrons. The second-order valence-corrected chi connectivity index (χ2v) is 8.06. The molecule has 34 heavy (non-hydrogen) atoms. The van der Waals surface area contributed by atoms with Gasteiger partial charge in [-0.2, -0.15) is 0 Å². The number of urea groups is 1. The zero-order valence-electron chi connectivity index (χ0n) is 19.5. The van der Waals surface area contributed by atoms with Crippen molar-refractivity contribution in [2.45, 2.75) is 27.3 Å². The standard InChI is InChI=1S/C25H28N6O3/c1-4-30(5-2)25(34)31-14-19-22(20(33)15-31)24(28-18-9-7-6-8-10-18)23(29-19)17-11-12-26-21(13-17)27-16(3)32/h6-13,28-29H,4-5,14-15H2,1-3H3,(H,26,27,32). The molecule has 0 atom stereocenters. The first-order valence-corrected chi connectivity index (χ1v) is 11.3. The number of Topliss-reactive ketones (excluding diaryl/α,β-unsaturated/α-hetero) is 1. The molecule has 3 aromatic rings. The van der Waals surface area contributed by atoms with Crippen LogP contribution in [0.3, 0.4) is 0 Å². The molecule has 2 aromatic heterocycles. The van der Waals surface area contributed by atoms with E-state index in [1.807, 2.05) is 50.2 Å². The van der Waals surface area contributed by atoms with Gasteiger partial charge in [0, 0.05) is 43.2 Å². The van der Waals surface area contributed by atoms with Crippen molar-refractivity contribution in [1.82, 2.24) is 19.8 Å². The van der Waals surface area contributed by atoms with Gasteiger partial charge in [0.15, 0.2) is 5.78 Å². The molecule has 9 nitrogen and oxygen atoms in total. The summed E-state index contributed by atoms with van der Waals surface area (Å²) in [5.41, 5.74) is 4.12. The van der Waals surface area contributed by atoms with Crippen LogP contribution in [0.4, 0.5) is 22.0 Å². The third-order valence-electron chi connectivity index (χ3n) is 5.74. The molecule has 0 aliphatic carbocycles. The van der Waals surface area contributed by atoms with E-state index in [-0.39, 0.29) is 24.3 Å². The van der Waals surface area contributed by atoms with Crippen LogP contribution in [-0.2, 0) is 11.3 Å². The number of nitrogens with zero attached hydrogens (tertiary/aromatic N) is 3. The number of aromatic nitrogens is 2. The van der Waals surface area contributed by atoms with Crippen LogP contribution in [0.2, 0.25) is 0 Å². The topological polar surface area (TPSA) is 110 Å². The van der Waals surface area contributed by atoms with E-state index in [2.05, 4.69) is 20.6 Å². The quantitative estimate of drug-likeness (QED) is 0.510. The average molecular weight is 461 g/mol. The van der Waals surface area contributed by atoms with Crippen molar-refractivity contribution >= 4 is 34.9 Å². The molecular weight excluding hydrogens is 432 g/mol. The number of aromatic amines is 1. The Morgan fingerprint density at radius 3 is 2.53 bits per heavy atom. The molecule has 0 radical (unpaired) electrons. The number of nitrogens with one attached hydrogen (secondary N) is 3. The Kier molecular flexibility index (Phi) is 6.62. The van der Waals surface area contributed by atoms with Crippen LogP contribution >= 0.6 is 0 Å². The van der Waals surface area contributed by atoms with Gasteiger partial charge in [0.05, 0.1) is 30.0 Å². The summed E-state index contributed by atoms with van der Waals surface area (Å²) in [6.45, 7) is 6.72. The van der Waals surface area contributed by atoms with Gasteiger partial charge in [-0.25, -0.2) is 9.78 Å². The molecule has 3 N–H and O–H groups in total. The predicted octanol–water partition coefficient (Wildman–Crippen LogP) is 4.24. The van der Waals surface area contributed by atoms with E-state index in [0.717, 1.165) is 11.3 Å². The first kappa shape index (κ1) is 23.0. The Labute approximate surface area is 198 Å². The summed E-state index contributed by atoms with van der Waals surface area (Å²) in [5, 5.41) is 6.08. The summed E-state index contributed by atoms with van der Waals surface area (Å²) in [7, 11) is 0. The number of carbonyl (C=O) groups is 3. The highest BCUT2D eigenvalue weighted by molar-refractivity contribution is 6.09. The first-order chi connectivity index (χ1) is 16.4. The van der Waals surface area contributed by atoms with Crippen molar-refractivity contribution in [3.8, 4) is 11.3 Å². The molecule has 0 bridgehead atoms. The summed E-state index contributed by atoms with van der Waals surface area (Å²) >= 11 is 0. The summed E-state index contributed by atoms with van der Waals surface area (Å²) < 4.78 is 0. The lowest BCUT2D eigenvalue weighted by Crippen LogP contribution is -2.47. The van der Waals surface area contributed by atoms with Crippen LogP contribution in [0.25, 0.3) is 11.3 Å². The van der Waals surface area contributed by atoms with Crippen molar-refractivity contribution in [1.29, 1.82) is 0 Å². The Balaban J connectivity index is 1.78. The van der Waals surface area contributed by atoms with Crippen LogP contribution < -0.4 is 10.6 Å². The van der Waals surface area contributed by atoms with Crippen molar-refractivity contribution in [3.05, 3.63) is 59.9 Å². The number of hydrogen-bond donors (Lipinski definition) is 3. The van der Waals surface area contributed by atoms with Crippen molar-refractivity contribution in [2.24, 2.45) is 0 Å². The number of amides is 3. The highest BCUT2D eigenvalue weighted by atomic mass is 16.2. The maximum absolute atomic E-state index is 13.3. The molecule has 0 unspecified atom stereocenters. The zero-order chi connectivity index (χ0) is 24.2. The van der Waals surface area contributed by atoms with E-state index in [1.54, 1.807) is 22.1 Å². The lowest BCUT2D eigenvalue weighted by atomic mass is 10.0. The molecule has 1 aliphatic rings. The number of carbonyl (C=O) groups excluding carboxylic acids is 3. The van der Waals surface area contributed by atoms with Crippen molar-refractivity contribution < 1.29 is 14.4 Å². The fraction of sp³-hybridized carbons (Fsp3) is 0.280. The molecule has 4 rings (SSSR count). The predicted molar refractivity (Wildman–Crippen MR) is 131 cm³/mol. The van der Waals surface area contributed by atoms with E-state index < -0.39 is 0 Å². The summed E-state index contributed by atoms with van der Waals surface area (Å²) in [6.07, 6.45) is 1.60. The van der Waals surface area contributed by atoms with Gasteiger partial charge in [0.25, 0.3) is 0 Å². The molecule has 1 aromatic carbocycles. The normalized spacial score (nSPS) is 12.8. The third-order valence-corrected chi connectivity index (χ3v) is 5.74. The fourth-order valence-corrected chi connectivity index (χ4v) is 4.15. The van der Waals surface area contributed by atoms with Crippen LogP contribution in [-0.4, -0.2) is 57.1 Å². The number of benzene rings is 1. The van der Waals surface area contributed by atoms with Crippen LogP contribution in [0.15, 0.2) is 48.7 Å². The third kappa shape index (κ3) is 4.63. The number of hydrogen-bond acceptors (Lipinski definition) is 5. The average Bonchev–Trinajstić information content (AvgIpc) is 3.19. The fourth-order valence-electron chi connectivity index (χ4n) is 4.15. The minimum Gasteiger partial charge on any atom is -0.355 e. The second kappa shape index (κ2) is 9.78. The minimum absolute atomic E-state index is 0.0105. The Bertz CT molecular complexity index is 1220. The summed E-state index contributed by atoms with van der Waals surface area (Å²) in [6, 6.07) is 13.0. The SMILES string of the molecule is CCN(CC)C(=O)N1CC(=O)c2c([nH]c(-c3ccnc(NC(C)=O)c3)c2Nc2ccccc2)C1. The Morgan fingerprint density at radius 1 is 1.12 bits per heavy atom. The molecule has 1 aliphatic heterocycles. The zero-order valence-corrected chi connectivity index (χ0v) is 19.5. The highest BCUT2D eigenvalue weighted by Crippen LogP contribution is 2.38. The number of anilines is 3. The van der Waals surface area contributed by atoms with Gasteiger partial charge in [-0.15, -0.1) is 0 Å². The Morgan fingerprint density at radius 2 is 1.85 bits per heavy atom. The lowest BCUT2D eigenvalue weighted by Gasteiger charge is -2.31. The molecule has 0 fully saturated rings. The molecule has 3 amide bonds. The number of ketones is 1. The Hall–Kier alpha value is -4.14. The van der Waals surface area contributed by atoms with Crippen LogP contribution in [0, 0.1) is 0 Å². The van der Waals surface area contributed by atoms with Crippen LogP contribution in [0.1, 0.15) is 36.8 Å². The largest absolute Gasteiger partial charge is 0.355 e. The van der Waals surface area contributed by atoms with E-state index in [0.29, 0.717) is 48.1 Å². The number of para-hydroxylation sites is 1. The van der Waals surface area contributed by atoms with Gasteiger partial charge < -0.3 is 25.4 Å². The minimum atomic E-state index is -0.223. The van der Waals surface area contributed by atoms with Crippen molar-refractivity contribution in [2.75, 3.05) is 30.3 Å². The molecular formula is C25H28N6O3. The second-order valence-electron chi connectivity index (χ2n) is 8.06. The van der Waals surface area contributed by atoms with Gasteiger partial charge >= 0.3 is 6.03 Å². The van der Waals surface area contributed by atoms with Gasteiger partial charge in [-0.05, 0) is 38.1 Å². The molecule has 0 saturated carbocycles. The van der Waals surface area contributed by atoms with Gasteiger partial charge in [0.1, 0.15) is 5.82 Å². The number of pyridine rings is 1. The van der Waals surface area contributed by atoms with E-state index in [1.165, 1.54) is 6.92 Å². The maximum atomic E-state index is 13.3. The van der Waals surface area contributed by atoms with E-state index >= 15 is 0 Å². The number of rotatable bonds is 6. The van der Waals surface area contributed by atoms with Crippen molar-refractivity contribution in [3.63, 3.8) is 0 Å². The number of fused-ring (bicyclic) bond motifs is 1. The lowest BCUT2D eigenvalue weighted by molar-refractivity contribution is -0.114. The maximum Gasteiger partial charge on any atom is 0.320 e. The van der Waals surface area contributed by atoms with Gasteiger partial charge in [-0.1, -0.05) is 18.2 Å². The molecule has 0 spiro atoms. The molecule has 0 saturated heterocycles. The highest BCUT2D eigenvalue weighted by Gasteiger charge is 2.34. The smallest absolute Gasteiger partial charge is 0.320 e. The summed E-state index contributed by atoms with van der Waals surface area (Å²) in [4.78, 5) is 48.6. The monoisotopic (exact) mass is 460 g/mol. The molecule has 9 heteroatoms. The van der Waals surface area contributed by atoms with Crippen LogP contribution in [0.5, 0.6) is 0 Å². The number of H-pyrrole nitrogens is 1. The van der Waals surface area contributed by atoms with Gasteiger partial charge in [-0.3, -0.25) is 9.59 Å². The summed E-state index contributed by atoms with van der Waals surface area (Å²) in [5.74, 6) is 0.0468. The first-order valence-electron chi connectivity index (χ1n) is 11.3. The van der Waals surface area contributed by atoms with E-state index in [9.17, 15) is 14.4 Å². The van der Waals surface area contributed by atoms with Gasteiger partial charge in [0.2, 0.25) is 5.91 Å². The molecule has 3 heterocycles.